The SMILES string of the molecule is COc1cc(CCC(=O)N2CCCC2C(=O)Nc2nccs2)ccc1OCC(F)(F)F. The summed E-state index contributed by atoms with van der Waals surface area (Å²) in [6.45, 7) is -0.914. The number of halogens is 3. The lowest BCUT2D eigenvalue weighted by Gasteiger charge is -2.23. The van der Waals surface area contributed by atoms with Crippen molar-refractivity contribution in [1.82, 2.24) is 9.88 Å². The topological polar surface area (TPSA) is 80.8 Å². The predicted octanol–water partition coefficient (Wildman–Crippen LogP) is 3.66. The zero-order chi connectivity index (χ0) is 22.4. The third kappa shape index (κ3) is 6.33. The van der Waals surface area contributed by atoms with Crippen LogP contribution in [-0.4, -0.2) is 54.2 Å². The molecule has 2 amide bonds. The van der Waals surface area contributed by atoms with E-state index >= 15 is 0 Å². The van der Waals surface area contributed by atoms with E-state index in [1.54, 1.807) is 28.6 Å². The number of nitrogens with zero attached hydrogens (tertiary/aromatic N) is 2. The molecule has 0 aliphatic carbocycles. The third-order valence-electron chi connectivity index (χ3n) is 4.79. The fourth-order valence-corrected chi connectivity index (χ4v) is 3.88. The lowest BCUT2D eigenvalue weighted by Crippen LogP contribution is -2.43. The average molecular weight is 457 g/mol. The standard InChI is InChI=1S/C20H22F3N3O4S/c1-29-16-11-13(4-6-15(16)30-12-20(21,22)23)5-7-17(27)26-9-2-3-14(26)18(28)25-19-24-8-10-31-19/h4,6,8,10-11,14H,2-3,5,7,9,12H2,1H3,(H,24,25,28). The summed E-state index contributed by atoms with van der Waals surface area (Å²) in [5, 5.41) is 4.97. The molecule has 3 rings (SSSR count). The number of nitrogens with one attached hydrogen (secondary N) is 1. The molecule has 0 spiro atoms. The number of likely N-dealkylation sites (tertiary alicyclic amines) is 1. The van der Waals surface area contributed by atoms with E-state index in [1.807, 2.05) is 0 Å². The van der Waals surface area contributed by atoms with Crippen LogP contribution in [0.15, 0.2) is 29.8 Å². The van der Waals surface area contributed by atoms with Gasteiger partial charge < -0.3 is 19.7 Å². The van der Waals surface area contributed by atoms with Crippen molar-refractivity contribution in [3.05, 3.63) is 35.3 Å². The summed E-state index contributed by atoms with van der Waals surface area (Å²) in [7, 11) is 1.33. The molecule has 7 nitrogen and oxygen atoms in total. The summed E-state index contributed by atoms with van der Waals surface area (Å²) in [6, 6.07) is 4.00. The number of hydrogen-bond acceptors (Lipinski definition) is 6. The van der Waals surface area contributed by atoms with Gasteiger partial charge in [-0.25, -0.2) is 4.98 Å². The maximum Gasteiger partial charge on any atom is 0.422 e. The number of amides is 2. The zero-order valence-corrected chi connectivity index (χ0v) is 17.6. The molecule has 0 radical (unpaired) electrons. The Morgan fingerprint density at radius 3 is 2.81 bits per heavy atom. The molecule has 2 heterocycles. The second-order valence-electron chi connectivity index (χ2n) is 6.96. The molecule has 1 unspecified atom stereocenters. The van der Waals surface area contributed by atoms with Gasteiger partial charge >= 0.3 is 6.18 Å². The second kappa shape index (κ2) is 9.99. The Labute approximate surface area is 181 Å². The van der Waals surface area contributed by atoms with Crippen LogP contribution < -0.4 is 14.8 Å². The molecule has 11 heteroatoms. The van der Waals surface area contributed by atoms with Crippen LogP contribution in [0.4, 0.5) is 18.3 Å². The Bertz CT molecular complexity index is 906. The van der Waals surface area contributed by atoms with E-state index in [-0.39, 0.29) is 29.7 Å². The van der Waals surface area contributed by atoms with Gasteiger partial charge in [0.15, 0.2) is 23.2 Å². The smallest absolute Gasteiger partial charge is 0.422 e. The third-order valence-corrected chi connectivity index (χ3v) is 5.47. The highest BCUT2D eigenvalue weighted by Gasteiger charge is 2.34. The Morgan fingerprint density at radius 2 is 2.13 bits per heavy atom. The van der Waals surface area contributed by atoms with Crippen molar-refractivity contribution in [2.45, 2.75) is 37.9 Å². The van der Waals surface area contributed by atoms with Crippen LogP contribution in [-0.2, 0) is 16.0 Å². The maximum absolute atomic E-state index is 12.7. The fourth-order valence-electron chi connectivity index (χ4n) is 3.35. The highest BCUT2D eigenvalue weighted by Crippen LogP contribution is 2.30. The number of carbonyl (C=O) groups is 2. The van der Waals surface area contributed by atoms with Gasteiger partial charge in [-0.1, -0.05) is 6.07 Å². The largest absolute Gasteiger partial charge is 0.493 e. The van der Waals surface area contributed by atoms with Crippen molar-refractivity contribution in [2.75, 3.05) is 25.6 Å². The van der Waals surface area contributed by atoms with E-state index in [1.165, 1.54) is 24.5 Å². The number of rotatable bonds is 8. The zero-order valence-electron chi connectivity index (χ0n) is 16.8. The molecular weight excluding hydrogens is 435 g/mol. The van der Waals surface area contributed by atoms with E-state index in [4.69, 9.17) is 9.47 Å². The minimum atomic E-state index is -4.45. The monoisotopic (exact) mass is 457 g/mol. The number of ether oxygens (including phenoxy) is 2. The number of benzene rings is 1. The minimum absolute atomic E-state index is 0.0200. The molecule has 31 heavy (non-hydrogen) atoms. The molecular formula is C20H22F3N3O4S. The molecule has 1 aliphatic heterocycles. The van der Waals surface area contributed by atoms with Crippen molar-refractivity contribution in [3.63, 3.8) is 0 Å². The number of thiazole rings is 1. The van der Waals surface area contributed by atoms with Gasteiger partial charge in [0.1, 0.15) is 6.04 Å². The van der Waals surface area contributed by atoms with E-state index < -0.39 is 18.8 Å². The summed E-state index contributed by atoms with van der Waals surface area (Å²) in [4.78, 5) is 30.8. The molecule has 1 atom stereocenters. The van der Waals surface area contributed by atoms with Gasteiger partial charge in [-0.15, -0.1) is 11.3 Å². The molecule has 1 aliphatic rings. The lowest BCUT2D eigenvalue weighted by atomic mass is 10.1. The fraction of sp³-hybridized carbons (Fsp3) is 0.450. The molecule has 1 N–H and O–H groups in total. The van der Waals surface area contributed by atoms with E-state index in [9.17, 15) is 22.8 Å². The Morgan fingerprint density at radius 1 is 1.32 bits per heavy atom. The number of alkyl halides is 3. The van der Waals surface area contributed by atoms with Gasteiger partial charge in [0.25, 0.3) is 0 Å². The van der Waals surface area contributed by atoms with Crippen LogP contribution in [0.3, 0.4) is 0 Å². The summed E-state index contributed by atoms with van der Waals surface area (Å²) >= 11 is 1.31. The van der Waals surface area contributed by atoms with Crippen LogP contribution in [0, 0.1) is 0 Å². The highest BCUT2D eigenvalue weighted by atomic mass is 32.1. The van der Waals surface area contributed by atoms with E-state index in [0.29, 0.717) is 30.1 Å². The van der Waals surface area contributed by atoms with Crippen molar-refractivity contribution in [2.24, 2.45) is 0 Å². The van der Waals surface area contributed by atoms with Gasteiger partial charge in [-0.05, 0) is 37.0 Å². The number of carbonyl (C=O) groups excluding carboxylic acids is 2. The van der Waals surface area contributed by atoms with Gasteiger partial charge in [-0.2, -0.15) is 13.2 Å². The van der Waals surface area contributed by atoms with Gasteiger partial charge in [-0.3, -0.25) is 9.59 Å². The first-order chi connectivity index (χ1) is 14.8. The van der Waals surface area contributed by atoms with Crippen molar-refractivity contribution >= 4 is 28.3 Å². The van der Waals surface area contributed by atoms with Crippen LogP contribution in [0.2, 0.25) is 0 Å². The Balaban J connectivity index is 1.57. The van der Waals surface area contributed by atoms with Crippen molar-refractivity contribution in [1.29, 1.82) is 0 Å². The quantitative estimate of drug-likeness (QED) is 0.655. The van der Waals surface area contributed by atoms with Crippen LogP contribution >= 0.6 is 11.3 Å². The molecule has 168 valence electrons. The molecule has 0 bridgehead atoms. The molecule has 0 saturated carbocycles. The van der Waals surface area contributed by atoms with Crippen molar-refractivity contribution < 1.29 is 32.2 Å². The maximum atomic E-state index is 12.7. The van der Waals surface area contributed by atoms with Crippen LogP contribution in [0.25, 0.3) is 0 Å². The molecule has 1 aromatic carbocycles. The highest BCUT2D eigenvalue weighted by molar-refractivity contribution is 7.13. The number of hydrogen-bond donors (Lipinski definition) is 1. The number of aromatic nitrogens is 1. The summed E-state index contributed by atoms with van der Waals surface area (Å²) in [5.74, 6) is -0.272. The molecule has 1 aromatic heterocycles. The first-order valence-corrected chi connectivity index (χ1v) is 10.5. The Kier molecular flexibility index (Phi) is 7.37. The Hall–Kier alpha value is -2.82. The summed E-state index contributed by atoms with van der Waals surface area (Å²) in [6.07, 6.45) is -1.03. The first kappa shape index (κ1) is 22.9. The van der Waals surface area contributed by atoms with Crippen LogP contribution in [0.1, 0.15) is 24.8 Å². The molecule has 1 fully saturated rings. The van der Waals surface area contributed by atoms with Gasteiger partial charge in [0.05, 0.1) is 7.11 Å². The predicted molar refractivity (Wildman–Crippen MR) is 108 cm³/mol. The van der Waals surface area contributed by atoms with Gasteiger partial charge in [0, 0.05) is 24.5 Å². The van der Waals surface area contributed by atoms with Crippen LogP contribution in [0.5, 0.6) is 11.5 Å². The number of methoxy groups -OCH3 is 1. The van der Waals surface area contributed by atoms with Crippen molar-refractivity contribution in [3.8, 4) is 11.5 Å². The summed E-state index contributed by atoms with van der Waals surface area (Å²) in [5.41, 5.74) is 0.715. The van der Waals surface area contributed by atoms with E-state index in [2.05, 4.69) is 10.3 Å². The lowest BCUT2D eigenvalue weighted by molar-refractivity contribution is -0.153. The first-order valence-electron chi connectivity index (χ1n) is 9.63. The van der Waals surface area contributed by atoms with E-state index in [0.717, 1.165) is 6.42 Å². The molecule has 2 aromatic rings. The average Bonchev–Trinajstić information content (AvgIpc) is 3.42. The summed E-state index contributed by atoms with van der Waals surface area (Å²) < 4.78 is 47.0. The number of anilines is 1. The normalized spacial score (nSPS) is 16.3. The minimum Gasteiger partial charge on any atom is -0.493 e. The second-order valence-corrected chi connectivity index (χ2v) is 7.86. The molecule has 1 saturated heterocycles. The number of aryl methyl sites for hydroxylation is 1. The van der Waals surface area contributed by atoms with Gasteiger partial charge in [0.2, 0.25) is 11.8 Å².